The first kappa shape index (κ1) is 13.9. The van der Waals surface area contributed by atoms with Gasteiger partial charge < -0.3 is 10.3 Å². The lowest BCUT2D eigenvalue weighted by atomic mass is 10.1. The number of anilines is 1. The second-order valence-electron chi connectivity index (χ2n) is 4.77. The number of benzene rings is 2. The van der Waals surface area contributed by atoms with Gasteiger partial charge in [0, 0.05) is 21.6 Å². The number of aromatic amines is 1. The Morgan fingerprint density at radius 1 is 1.24 bits per heavy atom. The van der Waals surface area contributed by atoms with Crippen molar-refractivity contribution in [3.63, 3.8) is 0 Å². The molecular formula is C17H14BrN2O. The number of carbonyl (C=O) groups excluding carboxylic acids is 1. The van der Waals surface area contributed by atoms with E-state index in [1.165, 1.54) is 0 Å². The van der Waals surface area contributed by atoms with Crippen LogP contribution >= 0.6 is 15.9 Å². The van der Waals surface area contributed by atoms with Crippen LogP contribution in [0.15, 0.2) is 53.1 Å². The molecule has 0 fully saturated rings. The van der Waals surface area contributed by atoms with Crippen molar-refractivity contribution in [3.8, 4) is 0 Å². The Morgan fingerprint density at radius 2 is 2.05 bits per heavy atom. The Labute approximate surface area is 131 Å². The van der Waals surface area contributed by atoms with Crippen LogP contribution in [0, 0.1) is 6.92 Å². The monoisotopic (exact) mass is 341 g/mol. The number of aromatic nitrogens is 1. The highest BCUT2D eigenvalue weighted by Gasteiger charge is 2.13. The van der Waals surface area contributed by atoms with Crippen molar-refractivity contribution in [2.24, 2.45) is 0 Å². The van der Waals surface area contributed by atoms with E-state index in [-0.39, 0.29) is 5.91 Å². The number of halogens is 1. The third kappa shape index (κ3) is 2.72. The maximum absolute atomic E-state index is 12.4. The zero-order valence-electron chi connectivity index (χ0n) is 11.3. The fraction of sp³-hybridized carbons (Fsp3) is 0.0588. The van der Waals surface area contributed by atoms with Gasteiger partial charge in [-0.15, -0.1) is 0 Å². The van der Waals surface area contributed by atoms with Crippen LogP contribution in [0.3, 0.4) is 0 Å². The molecule has 0 aliphatic carbocycles. The van der Waals surface area contributed by atoms with Gasteiger partial charge in [0.05, 0.1) is 11.3 Å². The minimum absolute atomic E-state index is 0.129. The zero-order valence-corrected chi connectivity index (χ0v) is 12.9. The summed E-state index contributed by atoms with van der Waals surface area (Å²) >= 11 is 3.48. The number of rotatable bonds is 3. The Morgan fingerprint density at radius 3 is 2.81 bits per heavy atom. The van der Waals surface area contributed by atoms with Crippen molar-refractivity contribution >= 4 is 38.4 Å². The number of carbonyl (C=O) groups is 1. The van der Waals surface area contributed by atoms with Crippen molar-refractivity contribution in [3.05, 3.63) is 71.2 Å². The summed E-state index contributed by atoms with van der Waals surface area (Å²) in [6.45, 7) is 3.85. The van der Waals surface area contributed by atoms with E-state index in [4.69, 9.17) is 0 Å². The number of H-pyrrole nitrogens is 1. The molecule has 0 spiro atoms. The lowest BCUT2D eigenvalue weighted by Crippen LogP contribution is -2.11. The molecule has 3 nitrogen and oxygen atoms in total. The van der Waals surface area contributed by atoms with Crippen molar-refractivity contribution in [1.29, 1.82) is 0 Å². The van der Waals surface area contributed by atoms with Crippen molar-refractivity contribution in [1.82, 2.24) is 4.98 Å². The Hall–Kier alpha value is -2.07. The molecule has 1 radical (unpaired) electrons. The van der Waals surface area contributed by atoms with E-state index < -0.39 is 0 Å². The predicted octanol–water partition coefficient (Wildman–Crippen LogP) is 4.56. The molecule has 0 saturated carbocycles. The lowest BCUT2D eigenvalue weighted by Gasteiger charge is -2.08. The maximum atomic E-state index is 12.4. The van der Waals surface area contributed by atoms with Gasteiger partial charge in [-0.1, -0.05) is 24.3 Å². The van der Waals surface area contributed by atoms with E-state index in [2.05, 4.69) is 33.2 Å². The first-order chi connectivity index (χ1) is 10.2. The topological polar surface area (TPSA) is 44.9 Å². The summed E-state index contributed by atoms with van der Waals surface area (Å²) < 4.78 is 0.858. The molecule has 3 rings (SSSR count). The average Bonchev–Trinajstić information content (AvgIpc) is 2.93. The van der Waals surface area contributed by atoms with Gasteiger partial charge >= 0.3 is 0 Å². The van der Waals surface area contributed by atoms with Gasteiger partial charge in [-0.2, -0.15) is 0 Å². The number of para-hydroxylation sites is 1. The van der Waals surface area contributed by atoms with Crippen LogP contribution < -0.4 is 5.32 Å². The molecular weight excluding hydrogens is 328 g/mol. The molecule has 0 saturated heterocycles. The van der Waals surface area contributed by atoms with Crippen LogP contribution in [-0.2, 0) is 6.42 Å². The smallest absolute Gasteiger partial charge is 0.257 e. The molecule has 3 aromatic rings. The summed E-state index contributed by atoms with van der Waals surface area (Å²) in [4.78, 5) is 15.5. The van der Waals surface area contributed by atoms with E-state index in [0.29, 0.717) is 5.56 Å². The summed E-state index contributed by atoms with van der Waals surface area (Å²) in [7, 11) is 0. The van der Waals surface area contributed by atoms with E-state index in [0.717, 1.165) is 33.0 Å². The molecule has 0 aliphatic rings. The Bertz CT molecular complexity index is 807. The zero-order chi connectivity index (χ0) is 14.8. The molecule has 1 amide bonds. The van der Waals surface area contributed by atoms with E-state index in [1.807, 2.05) is 42.5 Å². The highest BCUT2D eigenvalue weighted by molar-refractivity contribution is 9.10. The second-order valence-corrected chi connectivity index (χ2v) is 5.62. The van der Waals surface area contributed by atoms with Gasteiger partial charge in [0.15, 0.2) is 0 Å². The number of amides is 1. The quantitative estimate of drug-likeness (QED) is 0.720. The number of hydrogen-bond acceptors (Lipinski definition) is 1. The summed E-state index contributed by atoms with van der Waals surface area (Å²) in [6.07, 6.45) is 2.45. The average molecular weight is 342 g/mol. The number of hydrogen-bond donors (Lipinski definition) is 2. The fourth-order valence-electron chi connectivity index (χ4n) is 2.26. The highest BCUT2D eigenvalue weighted by atomic mass is 79.9. The van der Waals surface area contributed by atoms with Gasteiger partial charge in [0.2, 0.25) is 0 Å². The van der Waals surface area contributed by atoms with Gasteiger partial charge in [-0.3, -0.25) is 4.79 Å². The standard InChI is InChI=1S/C17H14BrN2O/c1-2-11-7-8-16(14(18)9-11)20-17(21)13-10-19-15-6-4-3-5-12(13)15/h3-10,19H,1-2H2,(H,20,21). The molecule has 0 unspecified atom stereocenters. The van der Waals surface area contributed by atoms with Gasteiger partial charge in [-0.25, -0.2) is 0 Å². The lowest BCUT2D eigenvalue weighted by molar-refractivity contribution is 0.102. The number of fused-ring (bicyclic) bond motifs is 1. The van der Waals surface area contributed by atoms with Crippen molar-refractivity contribution in [2.75, 3.05) is 5.32 Å². The van der Waals surface area contributed by atoms with Crippen molar-refractivity contribution < 1.29 is 4.79 Å². The Kier molecular flexibility index (Phi) is 3.80. The highest BCUT2D eigenvalue weighted by Crippen LogP contribution is 2.25. The molecule has 105 valence electrons. The molecule has 4 heteroatoms. The van der Waals surface area contributed by atoms with Crippen molar-refractivity contribution in [2.45, 2.75) is 6.42 Å². The summed E-state index contributed by atoms with van der Waals surface area (Å²) in [5.41, 5.74) is 3.46. The van der Waals surface area contributed by atoms with E-state index in [1.54, 1.807) is 6.20 Å². The largest absolute Gasteiger partial charge is 0.360 e. The van der Waals surface area contributed by atoms with Gasteiger partial charge in [0.25, 0.3) is 5.91 Å². The first-order valence-corrected chi connectivity index (χ1v) is 7.43. The first-order valence-electron chi connectivity index (χ1n) is 6.64. The van der Waals surface area contributed by atoms with Crippen LogP contribution in [0.25, 0.3) is 10.9 Å². The third-order valence-electron chi connectivity index (χ3n) is 3.40. The molecule has 1 heterocycles. The van der Waals surface area contributed by atoms with Crippen LogP contribution in [0.1, 0.15) is 15.9 Å². The SMILES string of the molecule is [CH2]Cc1ccc(NC(=O)c2c[nH]c3ccccc23)c(Br)c1. The maximum Gasteiger partial charge on any atom is 0.257 e. The van der Waals surface area contributed by atoms with Gasteiger partial charge in [-0.05, 0) is 53.0 Å². The van der Waals surface area contributed by atoms with E-state index >= 15 is 0 Å². The van der Waals surface area contributed by atoms with Crippen LogP contribution in [-0.4, -0.2) is 10.9 Å². The van der Waals surface area contributed by atoms with Crippen LogP contribution in [0.4, 0.5) is 5.69 Å². The van der Waals surface area contributed by atoms with Crippen LogP contribution in [0.5, 0.6) is 0 Å². The number of nitrogens with one attached hydrogen (secondary N) is 2. The fourth-order valence-corrected chi connectivity index (χ4v) is 2.79. The molecule has 1 aromatic heterocycles. The summed E-state index contributed by atoms with van der Waals surface area (Å²) in [5.74, 6) is -0.129. The molecule has 0 aliphatic heterocycles. The molecule has 0 bridgehead atoms. The minimum atomic E-state index is -0.129. The normalized spacial score (nSPS) is 10.8. The second kappa shape index (κ2) is 5.74. The minimum Gasteiger partial charge on any atom is -0.360 e. The Balaban J connectivity index is 1.90. The van der Waals surface area contributed by atoms with E-state index in [9.17, 15) is 4.79 Å². The van der Waals surface area contributed by atoms with Crippen LogP contribution in [0.2, 0.25) is 0 Å². The predicted molar refractivity (Wildman–Crippen MR) is 89.5 cm³/mol. The molecule has 2 aromatic carbocycles. The van der Waals surface area contributed by atoms with Gasteiger partial charge in [0.1, 0.15) is 0 Å². The summed E-state index contributed by atoms with van der Waals surface area (Å²) in [6, 6.07) is 13.6. The molecule has 0 atom stereocenters. The third-order valence-corrected chi connectivity index (χ3v) is 4.06. The molecule has 2 N–H and O–H groups in total. The summed E-state index contributed by atoms with van der Waals surface area (Å²) in [5, 5.41) is 3.85. The molecule has 21 heavy (non-hydrogen) atoms.